The monoisotopic (exact) mass is 314 g/mol. The number of rotatable bonds is 4. The first-order valence-electron chi connectivity index (χ1n) is 7.36. The summed E-state index contributed by atoms with van der Waals surface area (Å²) in [6.07, 6.45) is 0.910. The van der Waals surface area contributed by atoms with Crippen LogP contribution in [0.2, 0.25) is 0 Å². The van der Waals surface area contributed by atoms with Crippen LogP contribution < -0.4 is 5.32 Å². The van der Waals surface area contributed by atoms with Gasteiger partial charge in [-0.2, -0.15) is 9.40 Å². The van der Waals surface area contributed by atoms with Crippen molar-refractivity contribution in [1.29, 1.82) is 0 Å². The number of nitrogens with one attached hydrogen (secondary N) is 2. The predicted octanol–water partition coefficient (Wildman–Crippen LogP) is 1.49. The van der Waals surface area contributed by atoms with E-state index >= 15 is 0 Å². The standard InChI is InChI=1S/C14H26N4O2S/c1-10-12(8-15-5)13(17-16-10)21(19,20)18-7-6-11(9-18)14(2,3)4/h11,15H,6-9H2,1-5H3,(H,16,17). The van der Waals surface area contributed by atoms with E-state index in [1.165, 1.54) is 0 Å². The molecule has 0 aromatic carbocycles. The highest BCUT2D eigenvalue weighted by Crippen LogP contribution is 2.36. The smallest absolute Gasteiger partial charge is 0.262 e. The van der Waals surface area contributed by atoms with E-state index in [1.807, 2.05) is 6.92 Å². The van der Waals surface area contributed by atoms with Crippen LogP contribution in [-0.4, -0.2) is 43.1 Å². The Hall–Kier alpha value is -0.920. The zero-order chi connectivity index (χ0) is 15.8. The van der Waals surface area contributed by atoms with Crippen molar-refractivity contribution in [2.24, 2.45) is 11.3 Å². The zero-order valence-electron chi connectivity index (χ0n) is 13.5. The Balaban J connectivity index is 2.28. The molecule has 1 aliphatic heterocycles. The third-order valence-electron chi connectivity index (χ3n) is 4.35. The minimum atomic E-state index is -3.51. The lowest BCUT2D eigenvalue weighted by Crippen LogP contribution is -2.32. The molecule has 2 heterocycles. The van der Waals surface area contributed by atoms with Gasteiger partial charge in [-0.25, -0.2) is 8.42 Å². The molecule has 1 aromatic rings. The minimum absolute atomic E-state index is 0.125. The summed E-state index contributed by atoms with van der Waals surface area (Å²) >= 11 is 0. The van der Waals surface area contributed by atoms with Gasteiger partial charge in [0.1, 0.15) is 0 Å². The molecule has 120 valence electrons. The molecule has 0 spiro atoms. The highest BCUT2D eigenvalue weighted by atomic mass is 32.2. The minimum Gasteiger partial charge on any atom is -0.316 e. The van der Waals surface area contributed by atoms with E-state index in [0.29, 0.717) is 25.6 Å². The summed E-state index contributed by atoms with van der Waals surface area (Å²) in [7, 11) is -1.71. The molecule has 0 amide bonds. The van der Waals surface area contributed by atoms with Crippen LogP contribution in [-0.2, 0) is 16.6 Å². The van der Waals surface area contributed by atoms with Crippen molar-refractivity contribution in [3.8, 4) is 0 Å². The summed E-state index contributed by atoms with van der Waals surface area (Å²) in [6.45, 7) is 10.00. The fourth-order valence-electron chi connectivity index (χ4n) is 2.80. The van der Waals surface area contributed by atoms with Gasteiger partial charge in [-0.05, 0) is 31.7 Å². The Kier molecular flexibility index (Phi) is 4.46. The lowest BCUT2D eigenvalue weighted by Gasteiger charge is -2.26. The number of aromatic nitrogens is 2. The van der Waals surface area contributed by atoms with Gasteiger partial charge in [0, 0.05) is 30.9 Å². The van der Waals surface area contributed by atoms with Gasteiger partial charge in [0.15, 0.2) is 5.03 Å². The first kappa shape index (κ1) is 16.5. The van der Waals surface area contributed by atoms with E-state index in [2.05, 4.69) is 36.3 Å². The number of hydrogen-bond acceptors (Lipinski definition) is 4. The summed E-state index contributed by atoms with van der Waals surface area (Å²) < 4.78 is 27.2. The Labute approximate surface area is 127 Å². The van der Waals surface area contributed by atoms with Gasteiger partial charge in [-0.1, -0.05) is 20.8 Å². The van der Waals surface area contributed by atoms with E-state index in [4.69, 9.17) is 0 Å². The average Bonchev–Trinajstić information content (AvgIpc) is 2.97. The van der Waals surface area contributed by atoms with Gasteiger partial charge >= 0.3 is 0 Å². The number of hydrogen-bond donors (Lipinski definition) is 2. The number of H-pyrrole nitrogens is 1. The molecular weight excluding hydrogens is 288 g/mol. The van der Waals surface area contributed by atoms with E-state index < -0.39 is 10.0 Å². The summed E-state index contributed by atoms with van der Waals surface area (Å²) in [5.74, 6) is 0.389. The van der Waals surface area contributed by atoms with Crippen LogP contribution in [0.5, 0.6) is 0 Å². The number of sulfonamides is 1. The molecular formula is C14H26N4O2S. The van der Waals surface area contributed by atoms with Crippen molar-refractivity contribution in [3.63, 3.8) is 0 Å². The summed E-state index contributed by atoms with van der Waals surface area (Å²) in [6, 6.07) is 0. The summed E-state index contributed by atoms with van der Waals surface area (Å²) in [4.78, 5) is 0. The van der Waals surface area contributed by atoms with Gasteiger partial charge in [0.2, 0.25) is 0 Å². The van der Waals surface area contributed by atoms with Crippen molar-refractivity contribution in [1.82, 2.24) is 19.8 Å². The molecule has 0 bridgehead atoms. The Bertz CT molecular complexity index is 601. The fourth-order valence-corrected chi connectivity index (χ4v) is 4.47. The topological polar surface area (TPSA) is 78.1 Å². The predicted molar refractivity (Wildman–Crippen MR) is 82.4 cm³/mol. The molecule has 6 nitrogen and oxygen atoms in total. The van der Waals surface area contributed by atoms with Crippen LogP contribution in [0.4, 0.5) is 0 Å². The van der Waals surface area contributed by atoms with Crippen LogP contribution in [0.25, 0.3) is 0 Å². The second kappa shape index (κ2) is 5.70. The molecule has 0 radical (unpaired) electrons. The van der Waals surface area contributed by atoms with Crippen molar-refractivity contribution < 1.29 is 8.42 Å². The van der Waals surface area contributed by atoms with Gasteiger partial charge < -0.3 is 5.32 Å². The van der Waals surface area contributed by atoms with Crippen LogP contribution >= 0.6 is 0 Å². The maximum atomic E-state index is 12.8. The highest BCUT2D eigenvalue weighted by molar-refractivity contribution is 7.89. The van der Waals surface area contributed by atoms with Gasteiger partial charge in [0.25, 0.3) is 10.0 Å². The molecule has 1 atom stereocenters. The summed E-state index contributed by atoms with van der Waals surface area (Å²) in [5.41, 5.74) is 1.66. The molecule has 1 fully saturated rings. The van der Waals surface area contributed by atoms with Crippen molar-refractivity contribution in [3.05, 3.63) is 11.3 Å². The largest absolute Gasteiger partial charge is 0.316 e. The molecule has 0 saturated carbocycles. The lowest BCUT2D eigenvalue weighted by molar-refractivity contribution is 0.251. The van der Waals surface area contributed by atoms with Crippen LogP contribution in [0.3, 0.4) is 0 Å². The van der Waals surface area contributed by atoms with E-state index in [-0.39, 0.29) is 10.4 Å². The maximum Gasteiger partial charge on any atom is 0.262 e. The quantitative estimate of drug-likeness (QED) is 0.883. The highest BCUT2D eigenvalue weighted by Gasteiger charge is 2.39. The number of aryl methyl sites for hydroxylation is 1. The second-order valence-electron chi connectivity index (χ2n) is 6.88. The molecule has 1 aromatic heterocycles. The third-order valence-corrected chi connectivity index (χ3v) is 6.19. The molecule has 2 N–H and O–H groups in total. The van der Waals surface area contributed by atoms with Gasteiger partial charge in [-0.15, -0.1) is 0 Å². The molecule has 1 unspecified atom stereocenters. The van der Waals surface area contributed by atoms with E-state index in [0.717, 1.165) is 17.7 Å². The number of aromatic amines is 1. The fraction of sp³-hybridized carbons (Fsp3) is 0.786. The number of nitrogens with zero attached hydrogens (tertiary/aromatic N) is 2. The third kappa shape index (κ3) is 3.14. The van der Waals surface area contributed by atoms with E-state index in [9.17, 15) is 8.42 Å². The van der Waals surface area contributed by atoms with Crippen LogP contribution in [0.1, 0.15) is 38.4 Å². The van der Waals surface area contributed by atoms with Gasteiger partial charge in [0.05, 0.1) is 0 Å². The summed E-state index contributed by atoms with van der Waals surface area (Å²) in [5, 5.41) is 10.0. The molecule has 2 rings (SSSR count). The van der Waals surface area contributed by atoms with E-state index in [1.54, 1.807) is 11.4 Å². The Morgan fingerprint density at radius 3 is 2.62 bits per heavy atom. The van der Waals surface area contributed by atoms with Crippen LogP contribution in [0.15, 0.2) is 5.03 Å². The lowest BCUT2D eigenvalue weighted by atomic mass is 9.80. The van der Waals surface area contributed by atoms with Crippen molar-refractivity contribution >= 4 is 10.0 Å². The van der Waals surface area contributed by atoms with Crippen molar-refractivity contribution in [2.75, 3.05) is 20.1 Å². The first-order chi connectivity index (χ1) is 9.67. The average molecular weight is 314 g/mol. The molecule has 1 saturated heterocycles. The van der Waals surface area contributed by atoms with Crippen LogP contribution in [0, 0.1) is 18.3 Å². The Morgan fingerprint density at radius 1 is 1.43 bits per heavy atom. The first-order valence-corrected chi connectivity index (χ1v) is 8.80. The Morgan fingerprint density at radius 2 is 2.10 bits per heavy atom. The zero-order valence-corrected chi connectivity index (χ0v) is 14.3. The SMILES string of the molecule is CNCc1c(S(=O)(=O)N2CCC(C(C)(C)C)C2)n[nH]c1C. The maximum absolute atomic E-state index is 12.8. The molecule has 0 aliphatic carbocycles. The molecule has 21 heavy (non-hydrogen) atoms. The molecule has 7 heteroatoms. The van der Waals surface area contributed by atoms with Gasteiger partial charge in [-0.3, -0.25) is 5.10 Å². The molecule has 1 aliphatic rings. The normalized spacial score (nSPS) is 21.1. The van der Waals surface area contributed by atoms with Crippen molar-refractivity contribution in [2.45, 2.75) is 45.7 Å². The second-order valence-corrected chi connectivity index (χ2v) is 8.73.